The molecule has 0 saturated carbocycles. The Morgan fingerprint density at radius 3 is 2.11 bits per heavy atom. The Hall–Kier alpha value is -4.98. The van der Waals surface area contributed by atoms with Crippen LogP contribution in [0, 0.1) is 10.1 Å². The van der Waals surface area contributed by atoms with Crippen molar-refractivity contribution in [1.82, 2.24) is 19.7 Å². The van der Waals surface area contributed by atoms with Gasteiger partial charge in [-0.15, -0.1) is 0 Å². The number of nitro benzene ring substituents is 1. The van der Waals surface area contributed by atoms with Crippen LogP contribution in [0.25, 0.3) is 17.1 Å². The number of hydrogen-bond donors (Lipinski definition) is 1. The summed E-state index contributed by atoms with van der Waals surface area (Å²) in [6.45, 7) is 0.457. The van der Waals surface area contributed by atoms with Gasteiger partial charge in [0.15, 0.2) is 0 Å². The minimum absolute atomic E-state index is 0.0255. The summed E-state index contributed by atoms with van der Waals surface area (Å²) in [7, 11) is 1.91. The second-order valence-corrected chi connectivity index (χ2v) is 9.02. The van der Waals surface area contributed by atoms with Crippen LogP contribution in [0.1, 0.15) is 34.0 Å². The fourth-order valence-electron chi connectivity index (χ4n) is 4.62. The molecule has 2 aromatic heterocycles. The molecule has 8 heteroatoms. The summed E-state index contributed by atoms with van der Waals surface area (Å²) in [5.41, 5.74) is 4.76. The highest BCUT2D eigenvalue weighted by Gasteiger charge is 2.20. The molecule has 0 atom stereocenters. The van der Waals surface area contributed by atoms with Crippen LogP contribution >= 0.6 is 0 Å². The number of nitrogens with one attached hydrogen (secondary N) is 1. The first-order valence-electron chi connectivity index (χ1n) is 12.4. The number of aryl methyl sites for hydroxylation is 1. The molecule has 1 amide bonds. The Kier molecular flexibility index (Phi) is 7.13. The molecule has 0 saturated heterocycles. The lowest BCUT2D eigenvalue weighted by atomic mass is 9.88. The third kappa shape index (κ3) is 5.24. The Balaban J connectivity index is 1.40. The molecule has 1 N–H and O–H groups in total. The molecule has 2 heterocycles. The van der Waals surface area contributed by atoms with Crippen molar-refractivity contribution in [2.24, 2.45) is 7.05 Å². The third-order valence-electron chi connectivity index (χ3n) is 6.58. The lowest BCUT2D eigenvalue weighted by molar-refractivity contribution is -0.384. The summed E-state index contributed by atoms with van der Waals surface area (Å²) in [4.78, 5) is 24.1. The van der Waals surface area contributed by atoms with E-state index in [0.29, 0.717) is 23.6 Å². The Labute approximate surface area is 220 Å². The number of non-ortho nitro benzene ring substituents is 1. The van der Waals surface area contributed by atoms with E-state index in [1.54, 1.807) is 18.2 Å². The van der Waals surface area contributed by atoms with E-state index in [2.05, 4.69) is 34.7 Å². The van der Waals surface area contributed by atoms with Crippen LogP contribution in [0.2, 0.25) is 0 Å². The molecule has 0 bridgehead atoms. The zero-order chi connectivity index (χ0) is 26.5. The number of amides is 1. The predicted octanol–water partition coefficient (Wildman–Crippen LogP) is 5.74. The molecule has 3 aromatic carbocycles. The topological polar surface area (TPSA) is 95.0 Å². The van der Waals surface area contributed by atoms with E-state index in [0.717, 1.165) is 12.1 Å². The van der Waals surface area contributed by atoms with E-state index in [1.165, 1.54) is 27.9 Å². The van der Waals surface area contributed by atoms with Crippen molar-refractivity contribution < 1.29 is 9.72 Å². The standard InChI is InChI=1S/C30H27N5O3/c1-33-20-8-13-28(33)27-21-29(34(32-27)24-14-16-25(17-15-24)35(37)38)30(36)31-19-18-26(22-9-4-2-5-10-22)23-11-6-3-7-12-23/h2-17,20-21,26H,18-19H2,1H3,(H,31,36). The quantitative estimate of drug-likeness (QED) is 0.204. The second-order valence-electron chi connectivity index (χ2n) is 9.02. The highest BCUT2D eigenvalue weighted by Crippen LogP contribution is 2.28. The Morgan fingerprint density at radius 1 is 0.921 bits per heavy atom. The van der Waals surface area contributed by atoms with Gasteiger partial charge in [0.25, 0.3) is 11.6 Å². The van der Waals surface area contributed by atoms with Gasteiger partial charge in [-0.1, -0.05) is 60.7 Å². The molecule has 0 fully saturated rings. The minimum Gasteiger partial charge on any atom is -0.351 e. The summed E-state index contributed by atoms with van der Waals surface area (Å²) < 4.78 is 3.46. The first-order chi connectivity index (χ1) is 18.5. The van der Waals surface area contributed by atoms with E-state index in [-0.39, 0.29) is 17.5 Å². The van der Waals surface area contributed by atoms with Gasteiger partial charge in [0.2, 0.25) is 0 Å². The summed E-state index contributed by atoms with van der Waals surface area (Å²) in [6, 6.07) is 32.1. The van der Waals surface area contributed by atoms with Crippen LogP contribution in [0.5, 0.6) is 0 Å². The SMILES string of the molecule is Cn1cccc1-c1cc(C(=O)NCCC(c2ccccc2)c2ccccc2)n(-c2ccc([N+](=O)[O-])cc2)n1. The van der Waals surface area contributed by atoms with Crippen LogP contribution in [0.4, 0.5) is 5.69 Å². The first-order valence-corrected chi connectivity index (χ1v) is 12.4. The number of hydrogen-bond acceptors (Lipinski definition) is 4. The fraction of sp³-hybridized carbons (Fsp3) is 0.133. The summed E-state index contributed by atoms with van der Waals surface area (Å²) in [6.07, 6.45) is 2.63. The van der Waals surface area contributed by atoms with Crippen molar-refractivity contribution in [3.8, 4) is 17.1 Å². The number of aromatic nitrogens is 3. The number of nitrogens with zero attached hydrogens (tertiary/aromatic N) is 4. The smallest absolute Gasteiger partial charge is 0.270 e. The molecule has 0 radical (unpaired) electrons. The molecule has 8 nitrogen and oxygen atoms in total. The molecular weight excluding hydrogens is 478 g/mol. The van der Waals surface area contributed by atoms with Gasteiger partial charge in [0.05, 0.1) is 16.3 Å². The summed E-state index contributed by atoms with van der Waals surface area (Å²) in [5, 5.41) is 18.9. The van der Waals surface area contributed by atoms with Crippen molar-refractivity contribution in [2.75, 3.05) is 6.54 Å². The molecule has 5 aromatic rings. The molecule has 0 aliphatic carbocycles. The molecule has 0 aliphatic heterocycles. The molecule has 0 spiro atoms. The van der Waals surface area contributed by atoms with Gasteiger partial charge in [-0.25, -0.2) is 4.68 Å². The van der Waals surface area contributed by atoms with E-state index >= 15 is 0 Å². The maximum atomic E-state index is 13.4. The van der Waals surface area contributed by atoms with Crippen molar-refractivity contribution in [3.05, 3.63) is 136 Å². The van der Waals surface area contributed by atoms with E-state index in [4.69, 9.17) is 0 Å². The van der Waals surface area contributed by atoms with Gasteiger partial charge >= 0.3 is 0 Å². The van der Waals surface area contributed by atoms with Crippen molar-refractivity contribution in [2.45, 2.75) is 12.3 Å². The number of carbonyl (C=O) groups is 1. The van der Waals surface area contributed by atoms with Crippen LogP contribution in [0.15, 0.2) is 109 Å². The van der Waals surface area contributed by atoms with Gasteiger partial charge in [0.1, 0.15) is 11.4 Å². The van der Waals surface area contributed by atoms with Crippen LogP contribution < -0.4 is 5.32 Å². The molecular formula is C30H27N5O3. The zero-order valence-electron chi connectivity index (χ0n) is 20.9. The molecule has 0 unspecified atom stereocenters. The van der Waals surface area contributed by atoms with Crippen molar-refractivity contribution >= 4 is 11.6 Å². The van der Waals surface area contributed by atoms with Gasteiger partial charge in [-0.3, -0.25) is 14.9 Å². The number of carbonyl (C=O) groups excluding carboxylic acids is 1. The molecule has 0 aliphatic rings. The molecule has 190 valence electrons. The maximum Gasteiger partial charge on any atom is 0.270 e. The van der Waals surface area contributed by atoms with Crippen LogP contribution in [0.3, 0.4) is 0 Å². The van der Waals surface area contributed by atoms with Crippen LogP contribution in [-0.2, 0) is 7.05 Å². The molecule has 38 heavy (non-hydrogen) atoms. The number of benzene rings is 3. The summed E-state index contributed by atoms with van der Waals surface area (Å²) in [5.74, 6) is -0.132. The average Bonchev–Trinajstić information content (AvgIpc) is 3.58. The van der Waals surface area contributed by atoms with E-state index in [1.807, 2.05) is 66.3 Å². The monoisotopic (exact) mass is 505 g/mol. The zero-order valence-corrected chi connectivity index (χ0v) is 20.9. The number of nitro groups is 1. The van der Waals surface area contributed by atoms with Gasteiger partial charge in [0, 0.05) is 37.8 Å². The fourth-order valence-corrected chi connectivity index (χ4v) is 4.62. The Bertz CT molecular complexity index is 1500. The predicted molar refractivity (Wildman–Crippen MR) is 146 cm³/mol. The highest BCUT2D eigenvalue weighted by atomic mass is 16.6. The second kappa shape index (κ2) is 11.0. The normalized spacial score (nSPS) is 11.0. The largest absolute Gasteiger partial charge is 0.351 e. The Morgan fingerprint density at radius 2 is 1.55 bits per heavy atom. The van der Waals surface area contributed by atoms with Crippen molar-refractivity contribution in [3.63, 3.8) is 0 Å². The van der Waals surface area contributed by atoms with Gasteiger partial charge in [-0.2, -0.15) is 5.10 Å². The summed E-state index contributed by atoms with van der Waals surface area (Å²) >= 11 is 0. The first kappa shape index (κ1) is 24.7. The minimum atomic E-state index is -0.453. The lowest BCUT2D eigenvalue weighted by Gasteiger charge is -2.18. The van der Waals surface area contributed by atoms with Gasteiger partial charge < -0.3 is 9.88 Å². The number of rotatable bonds is 9. The van der Waals surface area contributed by atoms with Crippen LogP contribution in [-0.4, -0.2) is 31.7 Å². The molecule has 5 rings (SSSR count). The maximum absolute atomic E-state index is 13.4. The van der Waals surface area contributed by atoms with Gasteiger partial charge in [-0.05, 0) is 47.9 Å². The van der Waals surface area contributed by atoms with E-state index < -0.39 is 4.92 Å². The van der Waals surface area contributed by atoms with Crippen molar-refractivity contribution in [1.29, 1.82) is 0 Å². The highest BCUT2D eigenvalue weighted by molar-refractivity contribution is 5.94. The third-order valence-corrected chi connectivity index (χ3v) is 6.58. The lowest BCUT2D eigenvalue weighted by Crippen LogP contribution is -2.28. The van der Waals surface area contributed by atoms with E-state index in [9.17, 15) is 14.9 Å². The average molecular weight is 506 g/mol.